The van der Waals surface area contributed by atoms with Crippen molar-refractivity contribution in [2.24, 2.45) is 5.92 Å². The highest BCUT2D eigenvalue weighted by molar-refractivity contribution is 5.74. The minimum atomic E-state index is -0.0217. The fourth-order valence-corrected chi connectivity index (χ4v) is 3.66. The van der Waals surface area contributed by atoms with Gasteiger partial charge in [0.1, 0.15) is 12.7 Å². The summed E-state index contributed by atoms with van der Waals surface area (Å²) >= 11 is 0. The topological polar surface area (TPSA) is 75.9 Å². The highest BCUT2D eigenvalue weighted by Crippen LogP contribution is 2.21. The van der Waals surface area contributed by atoms with Crippen LogP contribution in [0.4, 0.5) is 4.79 Å². The Kier molecular flexibility index (Phi) is 5.61. The molecule has 2 amide bonds. The Hall–Kier alpha value is -3.22. The molecule has 0 saturated carbocycles. The molecule has 1 N–H and O–H groups in total. The molecular formula is C21H24N6O. The van der Waals surface area contributed by atoms with Gasteiger partial charge in [-0.1, -0.05) is 36.4 Å². The van der Waals surface area contributed by atoms with Gasteiger partial charge in [0.15, 0.2) is 5.82 Å². The molecule has 0 spiro atoms. The summed E-state index contributed by atoms with van der Waals surface area (Å²) < 4.78 is 1.61. The predicted octanol–water partition coefficient (Wildman–Crippen LogP) is 2.83. The van der Waals surface area contributed by atoms with Gasteiger partial charge >= 0.3 is 6.03 Å². The Bertz CT molecular complexity index is 888. The van der Waals surface area contributed by atoms with Gasteiger partial charge in [-0.05, 0) is 36.8 Å². The maximum Gasteiger partial charge on any atom is 0.317 e. The molecule has 1 saturated heterocycles. The summed E-state index contributed by atoms with van der Waals surface area (Å²) in [5.41, 5.74) is 2.28. The minimum Gasteiger partial charge on any atom is -0.334 e. The number of rotatable bonds is 5. The molecule has 4 rings (SSSR count). The monoisotopic (exact) mass is 376 g/mol. The van der Waals surface area contributed by atoms with Gasteiger partial charge in [-0.25, -0.2) is 19.4 Å². The van der Waals surface area contributed by atoms with Gasteiger partial charge in [0.2, 0.25) is 0 Å². The van der Waals surface area contributed by atoms with Gasteiger partial charge in [0, 0.05) is 31.4 Å². The van der Waals surface area contributed by atoms with Crippen LogP contribution in [0.25, 0.3) is 5.82 Å². The lowest BCUT2D eigenvalue weighted by atomic mass is 9.90. The largest absolute Gasteiger partial charge is 0.334 e. The molecule has 1 aliphatic heterocycles. The molecular weight excluding hydrogens is 352 g/mol. The van der Waals surface area contributed by atoms with Crippen LogP contribution in [0.3, 0.4) is 0 Å². The molecule has 0 bridgehead atoms. The molecule has 28 heavy (non-hydrogen) atoms. The van der Waals surface area contributed by atoms with Gasteiger partial charge in [0.25, 0.3) is 0 Å². The highest BCUT2D eigenvalue weighted by Gasteiger charge is 2.23. The summed E-state index contributed by atoms with van der Waals surface area (Å²) in [6.45, 7) is 2.00. The number of benzene rings is 1. The predicted molar refractivity (Wildman–Crippen MR) is 106 cm³/mol. The molecule has 3 heterocycles. The second-order valence-electron chi connectivity index (χ2n) is 7.11. The molecule has 144 valence electrons. The van der Waals surface area contributed by atoms with E-state index in [1.54, 1.807) is 17.2 Å². The van der Waals surface area contributed by atoms with Crippen molar-refractivity contribution in [2.45, 2.75) is 25.8 Å². The second kappa shape index (κ2) is 8.65. The molecule has 0 unspecified atom stereocenters. The number of hydrogen-bond acceptors (Lipinski definition) is 4. The number of likely N-dealkylation sites (tertiary alicyclic amines) is 1. The summed E-state index contributed by atoms with van der Waals surface area (Å²) in [4.78, 5) is 22.8. The van der Waals surface area contributed by atoms with E-state index in [0.717, 1.165) is 37.9 Å². The molecule has 0 atom stereocenters. The van der Waals surface area contributed by atoms with Crippen LogP contribution in [-0.4, -0.2) is 43.8 Å². The van der Waals surface area contributed by atoms with Gasteiger partial charge in [-0.15, -0.1) is 0 Å². The Morgan fingerprint density at radius 1 is 1.11 bits per heavy atom. The molecule has 1 aromatic carbocycles. The zero-order valence-corrected chi connectivity index (χ0v) is 15.7. The van der Waals surface area contributed by atoms with Gasteiger partial charge < -0.3 is 10.2 Å². The van der Waals surface area contributed by atoms with E-state index < -0.39 is 0 Å². The van der Waals surface area contributed by atoms with Crippen LogP contribution in [0.2, 0.25) is 0 Å². The molecule has 3 aromatic rings. The average Bonchev–Trinajstić information content (AvgIpc) is 3.28. The lowest BCUT2D eigenvalue weighted by molar-refractivity contribution is 0.170. The van der Waals surface area contributed by atoms with Crippen LogP contribution in [0.5, 0.6) is 0 Å². The zero-order chi connectivity index (χ0) is 19.2. The first-order valence-corrected chi connectivity index (χ1v) is 9.65. The van der Waals surface area contributed by atoms with E-state index in [9.17, 15) is 4.79 Å². The SMILES string of the molecule is O=C(NCc1cccnc1-n1cncn1)N1CCC(Cc2ccccc2)CC1. The Morgan fingerprint density at radius 3 is 2.68 bits per heavy atom. The van der Waals surface area contributed by atoms with Crippen molar-refractivity contribution in [1.82, 2.24) is 30.0 Å². The maximum atomic E-state index is 12.6. The van der Waals surface area contributed by atoms with Crippen molar-refractivity contribution in [3.05, 3.63) is 72.4 Å². The Morgan fingerprint density at radius 2 is 1.93 bits per heavy atom. The van der Waals surface area contributed by atoms with Gasteiger partial charge in [-0.2, -0.15) is 5.10 Å². The van der Waals surface area contributed by atoms with Crippen molar-refractivity contribution in [3.8, 4) is 5.82 Å². The normalized spacial score (nSPS) is 14.8. The summed E-state index contributed by atoms with van der Waals surface area (Å²) in [7, 11) is 0. The smallest absolute Gasteiger partial charge is 0.317 e. The Balaban J connectivity index is 1.29. The number of aromatic nitrogens is 4. The third-order valence-corrected chi connectivity index (χ3v) is 5.20. The number of hydrogen-bond donors (Lipinski definition) is 1. The number of amides is 2. The van der Waals surface area contributed by atoms with Crippen molar-refractivity contribution >= 4 is 6.03 Å². The molecule has 2 aromatic heterocycles. The first-order valence-electron chi connectivity index (χ1n) is 9.65. The van der Waals surface area contributed by atoms with Crippen molar-refractivity contribution in [2.75, 3.05) is 13.1 Å². The van der Waals surface area contributed by atoms with Crippen molar-refractivity contribution in [1.29, 1.82) is 0 Å². The first kappa shape index (κ1) is 18.2. The van der Waals surface area contributed by atoms with E-state index in [1.165, 1.54) is 11.9 Å². The lowest BCUT2D eigenvalue weighted by Crippen LogP contribution is -2.44. The van der Waals surface area contributed by atoms with E-state index in [1.807, 2.05) is 23.1 Å². The zero-order valence-electron chi connectivity index (χ0n) is 15.7. The fraction of sp³-hybridized carbons (Fsp3) is 0.333. The molecule has 1 aliphatic rings. The third-order valence-electron chi connectivity index (χ3n) is 5.20. The standard InChI is InChI=1S/C21H24N6O/c28-21(24-14-19-7-4-10-23-20(19)27-16-22-15-25-27)26-11-8-18(9-12-26)13-17-5-2-1-3-6-17/h1-7,10,15-16,18H,8-9,11-14H2,(H,24,28). The molecule has 7 nitrogen and oxygen atoms in total. The highest BCUT2D eigenvalue weighted by atomic mass is 16.2. The number of piperidine rings is 1. The average molecular weight is 376 g/mol. The van der Waals surface area contributed by atoms with E-state index >= 15 is 0 Å². The first-order chi connectivity index (χ1) is 13.8. The lowest BCUT2D eigenvalue weighted by Gasteiger charge is -2.32. The molecule has 1 fully saturated rings. The summed E-state index contributed by atoms with van der Waals surface area (Å²) in [5.74, 6) is 1.32. The van der Waals surface area contributed by atoms with Crippen LogP contribution >= 0.6 is 0 Å². The quantitative estimate of drug-likeness (QED) is 0.743. The molecule has 0 radical (unpaired) electrons. The minimum absolute atomic E-state index is 0.0217. The number of urea groups is 1. The third kappa shape index (κ3) is 4.36. The van der Waals surface area contributed by atoms with Gasteiger partial charge in [-0.3, -0.25) is 0 Å². The number of pyridine rings is 1. The van der Waals surface area contributed by atoms with Crippen LogP contribution in [-0.2, 0) is 13.0 Å². The van der Waals surface area contributed by atoms with Crippen molar-refractivity contribution in [3.63, 3.8) is 0 Å². The van der Waals surface area contributed by atoms with E-state index in [4.69, 9.17) is 0 Å². The summed E-state index contributed by atoms with van der Waals surface area (Å²) in [6.07, 6.45) is 7.95. The van der Waals surface area contributed by atoms with Crippen LogP contribution in [0.15, 0.2) is 61.3 Å². The van der Waals surface area contributed by atoms with Crippen molar-refractivity contribution < 1.29 is 4.79 Å². The fourth-order valence-electron chi connectivity index (χ4n) is 3.66. The Labute approximate surface area is 164 Å². The maximum absolute atomic E-state index is 12.6. The van der Waals surface area contributed by atoms with Crippen LogP contribution in [0.1, 0.15) is 24.0 Å². The number of carbonyl (C=O) groups excluding carboxylic acids is 1. The molecule has 7 heteroatoms. The summed E-state index contributed by atoms with van der Waals surface area (Å²) in [5, 5.41) is 7.15. The number of nitrogens with zero attached hydrogens (tertiary/aromatic N) is 5. The van der Waals surface area contributed by atoms with Gasteiger partial charge in [0.05, 0.1) is 0 Å². The number of nitrogens with one attached hydrogen (secondary N) is 1. The van der Waals surface area contributed by atoms with E-state index in [0.29, 0.717) is 18.3 Å². The van der Waals surface area contributed by atoms with Crippen LogP contribution < -0.4 is 5.32 Å². The number of carbonyl (C=O) groups is 1. The van der Waals surface area contributed by atoms with E-state index in [-0.39, 0.29) is 6.03 Å². The second-order valence-corrected chi connectivity index (χ2v) is 7.11. The summed E-state index contributed by atoms with van der Waals surface area (Å²) in [6, 6.07) is 14.4. The molecule has 0 aliphatic carbocycles. The van der Waals surface area contributed by atoms with E-state index in [2.05, 4.69) is 44.6 Å². The van der Waals surface area contributed by atoms with Crippen LogP contribution in [0, 0.1) is 5.92 Å².